The first-order valence-electron chi connectivity index (χ1n) is 8.18. The molecule has 1 rings (SSSR count). The van der Waals surface area contributed by atoms with Gasteiger partial charge in [-0.1, -0.05) is 6.07 Å². The summed E-state index contributed by atoms with van der Waals surface area (Å²) in [5.41, 5.74) is 7.94. The van der Waals surface area contributed by atoms with Gasteiger partial charge in [-0.15, -0.1) is 0 Å². The molecular weight excluding hydrogens is 342 g/mol. The van der Waals surface area contributed by atoms with E-state index in [0.717, 1.165) is 5.56 Å². The Morgan fingerprint density at radius 1 is 1.16 bits per heavy atom. The van der Waals surface area contributed by atoms with E-state index < -0.39 is 21.7 Å². The van der Waals surface area contributed by atoms with Crippen LogP contribution in [0.1, 0.15) is 43.9 Å². The van der Waals surface area contributed by atoms with Gasteiger partial charge in [-0.2, -0.15) is 0 Å². The van der Waals surface area contributed by atoms with Crippen molar-refractivity contribution >= 4 is 21.8 Å². The second-order valence-corrected chi connectivity index (χ2v) is 8.76. The standard InChI is InChI=1S/C17H29N3O4S/c1-11-10-12(2)15(13(3)14(11)18)25(22,23)20-9-7-8-19-16(21)24-17(4,5)6/h10,20H,7-9,18H2,1-6H3,(H,19,21). The van der Waals surface area contributed by atoms with E-state index >= 15 is 0 Å². The minimum Gasteiger partial charge on any atom is -0.444 e. The highest BCUT2D eigenvalue weighted by molar-refractivity contribution is 7.89. The lowest BCUT2D eigenvalue weighted by Gasteiger charge is -2.19. The molecule has 7 nitrogen and oxygen atoms in total. The lowest BCUT2D eigenvalue weighted by Crippen LogP contribution is -2.34. The van der Waals surface area contributed by atoms with Gasteiger partial charge in [0.15, 0.2) is 0 Å². The zero-order valence-corrected chi connectivity index (χ0v) is 16.6. The number of amides is 1. The van der Waals surface area contributed by atoms with Gasteiger partial charge in [0.2, 0.25) is 10.0 Å². The first kappa shape index (κ1) is 21.2. The first-order chi connectivity index (χ1) is 11.3. The fraction of sp³-hybridized carbons (Fsp3) is 0.588. The highest BCUT2D eigenvalue weighted by atomic mass is 32.2. The number of nitrogens with one attached hydrogen (secondary N) is 2. The van der Waals surface area contributed by atoms with Gasteiger partial charge in [0.1, 0.15) is 5.60 Å². The van der Waals surface area contributed by atoms with Crippen LogP contribution in [0.3, 0.4) is 0 Å². The molecule has 0 aliphatic carbocycles. The molecule has 1 aromatic carbocycles. The number of carbonyl (C=O) groups is 1. The maximum absolute atomic E-state index is 12.5. The zero-order chi connectivity index (χ0) is 19.4. The van der Waals surface area contributed by atoms with Gasteiger partial charge in [0, 0.05) is 18.8 Å². The summed E-state index contributed by atoms with van der Waals surface area (Å²) in [4.78, 5) is 11.7. The average molecular weight is 372 g/mol. The summed E-state index contributed by atoms with van der Waals surface area (Å²) in [7, 11) is -3.66. The third-order valence-electron chi connectivity index (χ3n) is 3.54. The molecule has 0 fully saturated rings. The molecule has 0 aliphatic heterocycles. The highest BCUT2D eigenvalue weighted by Crippen LogP contribution is 2.27. The molecule has 0 heterocycles. The van der Waals surface area contributed by atoms with Gasteiger partial charge in [0.25, 0.3) is 0 Å². The van der Waals surface area contributed by atoms with Crippen LogP contribution in [0.2, 0.25) is 0 Å². The topological polar surface area (TPSA) is 111 Å². The molecule has 0 spiro atoms. The van der Waals surface area contributed by atoms with Crippen molar-refractivity contribution in [1.82, 2.24) is 10.0 Å². The number of sulfonamides is 1. The molecule has 1 aromatic rings. The quantitative estimate of drug-likeness (QED) is 0.525. The number of ether oxygens (including phenoxy) is 1. The largest absolute Gasteiger partial charge is 0.444 e. The van der Waals surface area contributed by atoms with Crippen molar-refractivity contribution in [2.75, 3.05) is 18.8 Å². The Morgan fingerprint density at radius 2 is 1.76 bits per heavy atom. The van der Waals surface area contributed by atoms with E-state index in [-0.39, 0.29) is 11.4 Å². The van der Waals surface area contributed by atoms with Crippen molar-refractivity contribution in [3.05, 3.63) is 22.8 Å². The fourth-order valence-electron chi connectivity index (χ4n) is 2.47. The van der Waals surface area contributed by atoms with Crippen molar-refractivity contribution < 1.29 is 17.9 Å². The molecule has 0 unspecified atom stereocenters. The summed E-state index contributed by atoms with van der Waals surface area (Å²) in [6.07, 6.45) is -0.0777. The van der Waals surface area contributed by atoms with Crippen LogP contribution in [0.5, 0.6) is 0 Å². The molecule has 0 bridgehead atoms. The number of nitrogens with two attached hydrogens (primary N) is 1. The van der Waals surface area contributed by atoms with Gasteiger partial charge in [-0.25, -0.2) is 17.9 Å². The summed E-state index contributed by atoms with van der Waals surface area (Å²) in [5.74, 6) is 0. The van der Waals surface area contributed by atoms with Crippen LogP contribution < -0.4 is 15.8 Å². The number of aryl methyl sites for hydroxylation is 2. The van der Waals surface area contributed by atoms with Gasteiger partial charge < -0.3 is 15.8 Å². The molecule has 0 saturated carbocycles. The Hall–Kier alpha value is -1.80. The molecule has 4 N–H and O–H groups in total. The number of benzene rings is 1. The number of alkyl carbamates (subject to hydrolysis) is 1. The van der Waals surface area contributed by atoms with E-state index in [9.17, 15) is 13.2 Å². The maximum atomic E-state index is 12.5. The van der Waals surface area contributed by atoms with Gasteiger partial charge in [-0.05, 0) is 64.7 Å². The van der Waals surface area contributed by atoms with E-state index in [2.05, 4.69) is 10.0 Å². The Kier molecular flexibility index (Phi) is 6.84. The van der Waals surface area contributed by atoms with Gasteiger partial charge in [0.05, 0.1) is 4.90 Å². The van der Waals surface area contributed by atoms with Crippen molar-refractivity contribution in [1.29, 1.82) is 0 Å². The molecule has 0 aromatic heterocycles. The lowest BCUT2D eigenvalue weighted by atomic mass is 10.1. The lowest BCUT2D eigenvalue weighted by molar-refractivity contribution is 0.0527. The van der Waals surface area contributed by atoms with Crippen LogP contribution in [0.4, 0.5) is 10.5 Å². The Labute approximate surface area is 150 Å². The van der Waals surface area contributed by atoms with Crippen molar-refractivity contribution in [3.8, 4) is 0 Å². The molecule has 8 heteroatoms. The van der Waals surface area contributed by atoms with Crippen LogP contribution in [0, 0.1) is 20.8 Å². The van der Waals surface area contributed by atoms with E-state index in [1.54, 1.807) is 40.7 Å². The van der Waals surface area contributed by atoms with Crippen LogP contribution >= 0.6 is 0 Å². The highest BCUT2D eigenvalue weighted by Gasteiger charge is 2.21. The third kappa shape index (κ3) is 6.21. The summed E-state index contributed by atoms with van der Waals surface area (Å²) in [6, 6.07) is 1.76. The van der Waals surface area contributed by atoms with E-state index in [1.165, 1.54) is 0 Å². The normalized spacial score (nSPS) is 12.1. The molecule has 0 saturated heterocycles. The minimum absolute atomic E-state index is 0.199. The van der Waals surface area contributed by atoms with Crippen molar-refractivity contribution in [2.24, 2.45) is 0 Å². The van der Waals surface area contributed by atoms with Crippen molar-refractivity contribution in [3.63, 3.8) is 0 Å². The summed E-state index contributed by atoms with van der Waals surface area (Å²) >= 11 is 0. The number of rotatable bonds is 6. The number of hydrogen-bond donors (Lipinski definition) is 3. The predicted molar refractivity (Wildman–Crippen MR) is 99.1 cm³/mol. The number of carbonyl (C=O) groups excluding carboxylic acids is 1. The van der Waals surface area contributed by atoms with Gasteiger partial charge in [-0.3, -0.25) is 0 Å². The molecule has 0 radical (unpaired) electrons. The average Bonchev–Trinajstić information content (AvgIpc) is 2.42. The number of anilines is 1. The zero-order valence-electron chi connectivity index (χ0n) is 15.8. The van der Waals surface area contributed by atoms with Crippen LogP contribution in [-0.4, -0.2) is 33.2 Å². The summed E-state index contributed by atoms with van der Waals surface area (Å²) in [6.45, 7) is 11.1. The number of hydrogen-bond acceptors (Lipinski definition) is 5. The molecular formula is C17H29N3O4S. The van der Waals surface area contributed by atoms with Crippen LogP contribution in [0.25, 0.3) is 0 Å². The maximum Gasteiger partial charge on any atom is 0.407 e. The monoisotopic (exact) mass is 371 g/mol. The smallest absolute Gasteiger partial charge is 0.407 e. The first-order valence-corrected chi connectivity index (χ1v) is 9.66. The van der Waals surface area contributed by atoms with Crippen molar-refractivity contribution in [2.45, 2.75) is 58.5 Å². The summed E-state index contributed by atoms with van der Waals surface area (Å²) in [5, 5.41) is 2.59. The predicted octanol–water partition coefficient (Wildman–Crippen LogP) is 2.39. The fourth-order valence-corrected chi connectivity index (χ4v) is 4.02. The van der Waals surface area contributed by atoms with Gasteiger partial charge >= 0.3 is 6.09 Å². The Balaban J connectivity index is 2.61. The molecule has 142 valence electrons. The minimum atomic E-state index is -3.66. The molecule has 25 heavy (non-hydrogen) atoms. The SMILES string of the molecule is Cc1cc(C)c(S(=O)(=O)NCCCNC(=O)OC(C)(C)C)c(C)c1N. The Morgan fingerprint density at radius 3 is 2.32 bits per heavy atom. The van der Waals surface area contributed by atoms with Crippen LogP contribution in [0.15, 0.2) is 11.0 Å². The van der Waals surface area contributed by atoms with Crippen LogP contribution in [-0.2, 0) is 14.8 Å². The molecule has 1 amide bonds. The third-order valence-corrected chi connectivity index (χ3v) is 5.29. The van der Waals surface area contributed by atoms with E-state index in [0.29, 0.717) is 29.8 Å². The van der Waals surface area contributed by atoms with E-state index in [4.69, 9.17) is 10.5 Å². The second kappa shape index (κ2) is 8.05. The Bertz CT molecular complexity index is 737. The second-order valence-electron chi connectivity index (χ2n) is 7.06. The number of nitrogen functional groups attached to an aromatic ring is 1. The summed E-state index contributed by atoms with van der Waals surface area (Å²) < 4.78 is 32.7. The molecule has 0 aliphatic rings. The molecule has 0 atom stereocenters. The van der Waals surface area contributed by atoms with E-state index in [1.807, 2.05) is 6.92 Å².